The van der Waals surface area contributed by atoms with Crippen molar-refractivity contribution in [3.8, 4) is 10.6 Å². The number of aromatic nitrogens is 1. The molecule has 0 saturated carbocycles. The highest BCUT2D eigenvalue weighted by Gasteiger charge is 2.17. The van der Waals surface area contributed by atoms with E-state index in [0.29, 0.717) is 11.4 Å². The van der Waals surface area contributed by atoms with E-state index in [1.54, 1.807) is 0 Å². The van der Waals surface area contributed by atoms with Crippen molar-refractivity contribution in [2.24, 2.45) is 0 Å². The predicted molar refractivity (Wildman–Crippen MR) is 114 cm³/mol. The fourth-order valence-corrected chi connectivity index (χ4v) is 4.62. The van der Waals surface area contributed by atoms with Gasteiger partial charge in [0.25, 0.3) is 5.91 Å². The van der Waals surface area contributed by atoms with Crippen LogP contribution in [0.2, 0.25) is 0 Å². The number of aryl methyl sites for hydroxylation is 1. The molecule has 1 amide bonds. The molecule has 144 valence electrons. The van der Waals surface area contributed by atoms with Gasteiger partial charge in [-0.3, -0.25) is 9.69 Å². The fraction of sp³-hybridized carbons (Fsp3) is 0.304. The van der Waals surface area contributed by atoms with Gasteiger partial charge in [-0.05, 0) is 44.0 Å². The quantitative estimate of drug-likeness (QED) is 0.666. The smallest absolute Gasteiger partial charge is 0.263 e. The largest absolute Gasteiger partial charge is 0.347 e. The molecule has 4 rings (SSSR count). The molecule has 0 aliphatic carbocycles. The first-order valence-corrected chi connectivity index (χ1v) is 10.6. The third-order valence-corrected chi connectivity index (χ3v) is 6.38. The molecule has 3 aromatic rings. The molecule has 1 aliphatic rings. The molecule has 1 aliphatic heterocycles. The third-order valence-electron chi connectivity index (χ3n) is 5.17. The number of hydrogen-bond acceptors (Lipinski definition) is 4. The Morgan fingerprint density at radius 3 is 2.46 bits per heavy atom. The van der Waals surface area contributed by atoms with Crippen molar-refractivity contribution in [3.63, 3.8) is 0 Å². The van der Waals surface area contributed by atoms with Crippen LogP contribution in [0.1, 0.15) is 39.3 Å². The van der Waals surface area contributed by atoms with Crippen molar-refractivity contribution < 1.29 is 4.79 Å². The number of carbonyl (C=O) groups excluding carboxylic acids is 1. The number of amides is 1. The molecule has 0 bridgehead atoms. The minimum absolute atomic E-state index is 0.0480. The number of nitrogens with one attached hydrogen (secondary N) is 1. The molecule has 1 N–H and O–H groups in total. The van der Waals surface area contributed by atoms with Gasteiger partial charge in [-0.25, -0.2) is 4.98 Å². The van der Waals surface area contributed by atoms with E-state index in [2.05, 4.69) is 33.4 Å². The minimum atomic E-state index is -0.0480. The second-order valence-electron chi connectivity index (χ2n) is 7.23. The van der Waals surface area contributed by atoms with Gasteiger partial charge in [0, 0.05) is 18.7 Å². The van der Waals surface area contributed by atoms with Gasteiger partial charge in [-0.1, -0.05) is 54.6 Å². The van der Waals surface area contributed by atoms with E-state index in [1.165, 1.54) is 48.4 Å². The molecule has 1 fully saturated rings. The topological polar surface area (TPSA) is 45.2 Å². The van der Waals surface area contributed by atoms with Gasteiger partial charge in [0.15, 0.2) is 0 Å². The molecule has 0 spiro atoms. The molecule has 0 radical (unpaired) electrons. The average molecular weight is 392 g/mol. The summed E-state index contributed by atoms with van der Waals surface area (Å²) < 4.78 is 0. The summed E-state index contributed by atoms with van der Waals surface area (Å²) in [4.78, 5) is 20.6. The molecule has 1 saturated heterocycles. The van der Waals surface area contributed by atoms with E-state index in [9.17, 15) is 4.79 Å². The van der Waals surface area contributed by atoms with Crippen molar-refractivity contribution in [1.29, 1.82) is 0 Å². The number of likely N-dealkylation sites (tertiary alicyclic amines) is 1. The standard InChI is InChI=1S/C23H25N3OS/c1-17-21(28-23(25-17)18-9-3-2-4-10-18)22(27)24-15-19-11-5-6-12-20(19)16-26-13-7-8-14-26/h2-6,9-12H,7-8,13-16H2,1H3,(H,24,27). The first-order valence-electron chi connectivity index (χ1n) is 9.81. The zero-order chi connectivity index (χ0) is 19.3. The van der Waals surface area contributed by atoms with E-state index >= 15 is 0 Å². The van der Waals surface area contributed by atoms with Gasteiger partial charge in [0.1, 0.15) is 9.88 Å². The Morgan fingerprint density at radius 1 is 1.04 bits per heavy atom. The number of carbonyl (C=O) groups is 1. The van der Waals surface area contributed by atoms with Crippen LogP contribution in [0.3, 0.4) is 0 Å². The van der Waals surface area contributed by atoms with Gasteiger partial charge in [-0.2, -0.15) is 0 Å². The Hall–Kier alpha value is -2.50. The van der Waals surface area contributed by atoms with Crippen LogP contribution in [0.25, 0.3) is 10.6 Å². The van der Waals surface area contributed by atoms with E-state index in [0.717, 1.165) is 22.8 Å². The van der Waals surface area contributed by atoms with Gasteiger partial charge in [0.2, 0.25) is 0 Å². The summed E-state index contributed by atoms with van der Waals surface area (Å²) in [6.45, 7) is 5.75. The molecular weight excluding hydrogens is 366 g/mol. The van der Waals surface area contributed by atoms with Gasteiger partial charge in [-0.15, -0.1) is 11.3 Å². The van der Waals surface area contributed by atoms with E-state index < -0.39 is 0 Å². The number of thiazole rings is 1. The van der Waals surface area contributed by atoms with Crippen LogP contribution in [0, 0.1) is 6.92 Å². The van der Waals surface area contributed by atoms with Crippen molar-refractivity contribution >= 4 is 17.2 Å². The maximum atomic E-state index is 12.8. The summed E-state index contributed by atoms with van der Waals surface area (Å²) in [5.41, 5.74) is 4.32. The lowest BCUT2D eigenvalue weighted by Crippen LogP contribution is -2.24. The highest BCUT2D eigenvalue weighted by Crippen LogP contribution is 2.27. The van der Waals surface area contributed by atoms with Crippen LogP contribution in [-0.2, 0) is 13.1 Å². The SMILES string of the molecule is Cc1nc(-c2ccccc2)sc1C(=O)NCc1ccccc1CN1CCCC1. The maximum Gasteiger partial charge on any atom is 0.263 e. The molecule has 28 heavy (non-hydrogen) atoms. The zero-order valence-corrected chi connectivity index (χ0v) is 17.0. The summed E-state index contributed by atoms with van der Waals surface area (Å²) in [6.07, 6.45) is 2.57. The van der Waals surface area contributed by atoms with Gasteiger partial charge < -0.3 is 5.32 Å². The Kier molecular flexibility index (Phi) is 5.84. The molecule has 2 heterocycles. The molecular formula is C23H25N3OS. The second-order valence-corrected chi connectivity index (χ2v) is 8.23. The molecule has 1 aromatic heterocycles. The Morgan fingerprint density at radius 2 is 1.71 bits per heavy atom. The van der Waals surface area contributed by atoms with Crippen LogP contribution in [0.5, 0.6) is 0 Å². The molecule has 5 heteroatoms. The van der Waals surface area contributed by atoms with Crippen molar-refractivity contribution in [2.75, 3.05) is 13.1 Å². The highest BCUT2D eigenvalue weighted by molar-refractivity contribution is 7.17. The summed E-state index contributed by atoms with van der Waals surface area (Å²) in [5, 5.41) is 3.99. The normalized spacial score (nSPS) is 14.3. The monoisotopic (exact) mass is 391 g/mol. The Balaban J connectivity index is 1.44. The maximum absolute atomic E-state index is 12.8. The Bertz CT molecular complexity index is 945. The van der Waals surface area contributed by atoms with Crippen molar-refractivity contribution in [3.05, 3.63) is 76.3 Å². The third kappa shape index (κ3) is 4.32. The minimum Gasteiger partial charge on any atom is -0.347 e. The first kappa shape index (κ1) is 18.8. The van der Waals surface area contributed by atoms with Crippen molar-refractivity contribution in [1.82, 2.24) is 15.2 Å². The lowest BCUT2D eigenvalue weighted by molar-refractivity contribution is 0.0954. The molecule has 2 aromatic carbocycles. The molecule has 0 atom stereocenters. The summed E-state index contributed by atoms with van der Waals surface area (Å²) in [5.74, 6) is -0.0480. The lowest BCUT2D eigenvalue weighted by atomic mass is 10.1. The fourth-order valence-electron chi connectivity index (χ4n) is 3.63. The molecule has 0 unspecified atom stereocenters. The number of hydrogen-bond donors (Lipinski definition) is 1. The van der Waals surface area contributed by atoms with Crippen LogP contribution >= 0.6 is 11.3 Å². The summed E-state index contributed by atoms with van der Waals surface area (Å²) in [6, 6.07) is 18.4. The van der Waals surface area contributed by atoms with E-state index in [1.807, 2.05) is 43.3 Å². The average Bonchev–Trinajstić information content (AvgIpc) is 3.37. The lowest BCUT2D eigenvalue weighted by Gasteiger charge is -2.17. The number of nitrogens with zero attached hydrogens (tertiary/aromatic N) is 2. The second kappa shape index (κ2) is 8.67. The van der Waals surface area contributed by atoms with Crippen LogP contribution in [0.4, 0.5) is 0 Å². The Labute approximate surface area is 170 Å². The number of benzene rings is 2. The zero-order valence-electron chi connectivity index (χ0n) is 16.1. The van der Waals surface area contributed by atoms with Crippen LogP contribution < -0.4 is 5.32 Å². The first-order chi connectivity index (χ1) is 13.7. The number of rotatable bonds is 6. The van der Waals surface area contributed by atoms with Crippen LogP contribution in [0.15, 0.2) is 54.6 Å². The summed E-state index contributed by atoms with van der Waals surface area (Å²) >= 11 is 1.45. The highest BCUT2D eigenvalue weighted by atomic mass is 32.1. The van der Waals surface area contributed by atoms with Gasteiger partial charge >= 0.3 is 0 Å². The predicted octanol–water partition coefficient (Wildman–Crippen LogP) is 4.64. The van der Waals surface area contributed by atoms with Crippen molar-refractivity contribution in [2.45, 2.75) is 32.9 Å². The molecule has 4 nitrogen and oxygen atoms in total. The van der Waals surface area contributed by atoms with E-state index in [-0.39, 0.29) is 5.91 Å². The van der Waals surface area contributed by atoms with Gasteiger partial charge in [0.05, 0.1) is 5.69 Å². The van der Waals surface area contributed by atoms with E-state index in [4.69, 9.17) is 0 Å². The summed E-state index contributed by atoms with van der Waals surface area (Å²) in [7, 11) is 0. The van der Waals surface area contributed by atoms with Crippen LogP contribution in [-0.4, -0.2) is 28.9 Å².